The van der Waals surface area contributed by atoms with Crippen molar-refractivity contribution in [3.8, 4) is 5.75 Å². The molecule has 0 aliphatic heterocycles. The number of benzene rings is 3. The quantitative estimate of drug-likeness (QED) is 0.274. The van der Waals surface area contributed by atoms with Crippen LogP contribution in [0.1, 0.15) is 42.0 Å². The van der Waals surface area contributed by atoms with E-state index in [1.165, 1.54) is 11.1 Å². The third-order valence-electron chi connectivity index (χ3n) is 6.16. The standard InChI is InChI=1S/C31H38N2O3S/c1-4-5-17-32-31(35)29(20-25-12-7-6-8-13-25)33(21-26-14-10-16-28(19-26)36-3)30(34)23-37-22-27-15-9-11-24(2)18-27/h6-16,18-19,29H,4-5,17,20-23H2,1-3H3,(H,32,35). The van der Waals surface area contributed by atoms with Crippen molar-refractivity contribution in [1.29, 1.82) is 0 Å². The molecule has 0 spiro atoms. The highest BCUT2D eigenvalue weighted by Crippen LogP contribution is 2.21. The lowest BCUT2D eigenvalue weighted by molar-refractivity contribution is -0.139. The molecule has 0 radical (unpaired) electrons. The van der Waals surface area contributed by atoms with Gasteiger partial charge in [0.2, 0.25) is 11.8 Å². The smallest absolute Gasteiger partial charge is 0.243 e. The minimum atomic E-state index is -0.613. The Morgan fingerprint density at radius 2 is 1.68 bits per heavy atom. The van der Waals surface area contributed by atoms with Crippen LogP contribution < -0.4 is 10.1 Å². The summed E-state index contributed by atoms with van der Waals surface area (Å²) in [6.07, 6.45) is 2.35. The second-order valence-corrected chi connectivity index (χ2v) is 10.2. The van der Waals surface area contributed by atoms with E-state index in [1.54, 1.807) is 23.8 Å². The number of hydrogen-bond acceptors (Lipinski definition) is 4. The number of aryl methyl sites for hydroxylation is 1. The van der Waals surface area contributed by atoms with Crippen LogP contribution in [0.2, 0.25) is 0 Å². The molecule has 0 aliphatic carbocycles. The molecular formula is C31H38N2O3S. The van der Waals surface area contributed by atoms with Crippen LogP contribution in [-0.4, -0.2) is 42.2 Å². The van der Waals surface area contributed by atoms with Gasteiger partial charge in [0.05, 0.1) is 12.9 Å². The summed E-state index contributed by atoms with van der Waals surface area (Å²) in [4.78, 5) is 28.9. The van der Waals surface area contributed by atoms with Crippen LogP contribution in [0.25, 0.3) is 0 Å². The number of ether oxygens (including phenoxy) is 1. The maximum atomic E-state index is 13.7. The van der Waals surface area contributed by atoms with Gasteiger partial charge < -0.3 is 15.0 Å². The molecule has 0 saturated heterocycles. The predicted molar refractivity (Wildman–Crippen MR) is 153 cm³/mol. The molecule has 0 aliphatic rings. The van der Waals surface area contributed by atoms with Gasteiger partial charge in [0.15, 0.2) is 0 Å². The molecule has 3 aromatic rings. The number of carbonyl (C=O) groups is 2. The number of amides is 2. The molecule has 3 rings (SSSR count). The number of hydrogen-bond donors (Lipinski definition) is 1. The molecule has 0 bridgehead atoms. The zero-order valence-electron chi connectivity index (χ0n) is 22.1. The van der Waals surface area contributed by atoms with E-state index in [9.17, 15) is 9.59 Å². The van der Waals surface area contributed by atoms with E-state index in [-0.39, 0.29) is 11.8 Å². The number of rotatable bonds is 14. The summed E-state index contributed by atoms with van der Waals surface area (Å²) < 4.78 is 5.40. The van der Waals surface area contributed by atoms with Gasteiger partial charge in [-0.2, -0.15) is 0 Å². The van der Waals surface area contributed by atoms with Crippen molar-refractivity contribution in [2.45, 2.75) is 51.4 Å². The fraction of sp³-hybridized carbons (Fsp3) is 0.355. The normalized spacial score (nSPS) is 11.5. The van der Waals surface area contributed by atoms with Gasteiger partial charge in [-0.25, -0.2) is 0 Å². The van der Waals surface area contributed by atoms with Gasteiger partial charge in [-0.1, -0.05) is 85.6 Å². The van der Waals surface area contributed by atoms with Gasteiger partial charge in [0, 0.05) is 25.3 Å². The Morgan fingerprint density at radius 1 is 0.946 bits per heavy atom. The van der Waals surface area contributed by atoms with Crippen molar-refractivity contribution in [2.75, 3.05) is 19.4 Å². The third kappa shape index (κ3) is 9.29. The molecule has 6 heteroatoms. The lowest BCUT2D eigenvalue weighted by atomic mass is 10.0. The molecule has 1 N–H and O–H groups in total. The highest BCUT2D eigenvalue weighted by molar-refractivity contribution is 7.99. The minimum absolute atomic E-state index is 0.0490. The third-order valence-corrected chi connectivity index (χ3v) is 7.15. The Morgan fingerprint density at radius 3 is 2.41 bits per heavy atom. The summed E-state index contributed by atoms with van der Waals surface area (Å²) in [7, 11) is 1.63. The fourth-order valence-corrected chi connectivity index (χ4v) is 5.03. The first-order chi connectivity index (χ1) is 18.0. The molecule has 1 atom stereocenters. The second-order valence-electron chi connectivity index (χ2n) is 9.21. The van der Waals surface area contributed by atoms with E-state index in [1.807, 2.05) is 60.7 Å². The van der Waals surface area contributed by atoms with Crippen molar-refractivity contribution < 1.29 is 14.3 Å². The highest BCUT2D eigenvalue weighted by Gasteiger charge is 2.30. The van der Waals surface area contributed by atoms with Crippen molar-refractivity contribution in [3.05, 3.63) is 101 Å². The molecule has 0 heterocycles. The average Bonchev–Trinajstić information content (AvgIpc) is 2.91. The lowest BCUT2D eigenvalue weighted by Gasteiger charge is -2.31. The van der Waals surface area contributed by atoms with E-state index in [0.717, 1.165) is 35.5 Å². The highest BCUT2D eigenvalue weighted by atomic mass is 32.2. The number of carbonyl (C=O) groups excluding carboxylic acids is 2. The molecule has 2 amide bonds. The summed E-state index contributed by atoms with van der Waals surface area (Å²) >= 11 is 1.58. The Bertz CT molecular complexity index is 1140. The molecule has 5 nitrogen and oxygen atoms in total. The van der Waals surface area contributed by atoms with Gasteiger partial charge in [0.1, 0.15) is 11.8 Å². The molecule has 196 valence electrons. The summed E-state index contributed by atoms with van der Waals surface area (Å²) in [6, 6.07) is 25.3. The number of nitrogens with zero attached hydrogens (tertiary/aromatic N) is 1. The Hall–Kier alpha value is -3.25. The minimum Gasteiger partial charge on any atom is -0.497 e. The topological polar surface area (TPSA) is 58.6 Å². The van der Waals surface area contributed by atoms with E-state index >= 15 is 0 Å². The van der Waals surface area contributed by atoms with Crippen molar-refractivity contribution >= 4 is 23.6 Å². The Labute approximate surface area is 225 Å². The number of unbranched alkanes of at least 4 members (excludes halogenated alkanes) is 1. The molecular weight excluding hydrogens is 480 g/mol. The number of nitrogens with one attached hydrogen (secondary N) is 1. The Balaban J connectivity index is 1.84. The first kappa shape index (κ1) is 28.3. The summed E-state index contributed by atoms with van der Waals surface area (Å²) in [5.74, 6) is 1.60. The first-order valence-corrected chi connectivity index (χ1v) is 14.0. The maximum absolute atomic E-state index is 13.7. The SMILES string of the molecule is CCCCNC(=O)C(Cc1ccccc1)N(Cc1cccc(OC)c1)C(=O)CSCc1cccc(C)c1. The average molecular weight is 519 g/mol. The lowest BCUT2D eigenvalue weighted by Crippen LogP contribution is -2.51. The largest absolute Gasteiger partial charge is 0.497 e. The van der Waals surface area contributed by atoms with Crippen molar-refractivity contribution in [2.24, 2.45) is 0 Å². The monoisotopic (exact) mass is 518 g/mol. The summed E-state index contributed by atoms with van der Waals surface area (Å²) in [5, 5.41) is 3.07. The van der Waals surface area contributed by atoms with Gasteiger partial charge in [-0.05, 0) is 42.2 Å². The van der Waals surface area contributed by atoms with Crippen LogP contribution in [-0.2, 0) is 28.3 Å². The molecule has 1 unspecified atom stereocenters. The summed E-state index contributed by atoms with van der Waals surface area (Å²) in [6.45, 7) is 5.10. The first-order valence-electron chi connectivity index (χ1n) is 12.9. The van der Waals surface area contributed by atoms with Gasteiger partial charge >= 0.3 is 0 Å². The predicted octanol–water partition coefficient (Wildman–Crippen LogP) is 5.79. The Kier molecular flexibility index (Phi) is 11.6. The van der Waals surface area contributed by atoms with Crippen LogP contribution in [0.15, 0.2) is 78.9 Å². The van der Waals surface area contributed by atoms with E-state index in [4.69, 9.17) is 4.74 Å². The molecule has 0 saturated carbocycles. The summed E-state index contributed by atoms with van der Waals surface area (Å²) in [5.41, 5.74) is 4.34. The van der Waals surface area contributed by atoms with Crippen LogP contribution >= 0.6 is 11.8 Å². The zero-order chi connectivity index (χ0) is 26.5. The molecule has 0 fully saturated rings. The molecule has 3 aromatic carbocycles. The van der Waals surface area contributed by atoms with E-state index < -0.39 is 6.04 Å². The van der Waals surface area contributed by atoms with E-state index in [0.29, 0.717) is 25.3 Å². The second kappa shape index (κ2) is 15.1. The fourth-order valence-electron chi connectivity index (χ4n) is 4.17. The van der Waals surface area contributed by atoms with Crippen LogP contribution in [0.5, 0.6) is 5.75 Å². The van der Waals surface area contributed by atoms with Crippen LogP contribution in [0, 0.1) is 6.92 Å². The van der Waals surface area contributed by atoms with Gasteiger partial charge in [-0.3, -0.25) is 9.59 Å². The van der Waals surface area contributed by atoms with E-state index in [2.05, 4.69) is 37.4 Å². The van der Waals surface area contributed by atoms with Crippen LogP contribution in [0.4, 0.5) is 0 Å². The van der Waals surface area contributed by atoms with Crippen molar-refractivity contribution in [1.82, 2.24) is 10.2 Å². The zero-order valence-corrected chi connectivity index (χ0v) is 22.9. The maximum Gasteiger partial charge on any atom is 0.243 e. The number of thioether (sulfide) groups is 1. The number of methoxy groups -OCH3 is 1. The van der Waals surface area contributed by atoms with Gasteiger partial charge in [0.25, 0.3) is 0 Å². The molecule has 0 aromatic heterocycles. The van der Waals surface area contributed by atoms with Crippen molar-refractivity contribution in [3.63, 3.8) is 0 Å². The van der Waals surface area contributed by atoms with Crippen LogP contribution in [0.3, 0.4) is 0 Å². The molecule has 37 heavy (non-hydrogen) atoms. The van der Waals surface area contributed by atoms with Gasteiger partial charge in [-0.15, -0.1) is 11.8 Å².